The van der Waals surface area contributed by atoms with Crippen molar-refractivity contribution in [2.24, 2.45) is 5.92 Å². The molecule has 208 valence electrons. The van der Waals surface area contributed by atoms with E-state index >= 15 is 0 Å². The van der Waals surface area contributed by atoms with E-state index in [1.165, 1.54) is 18.3 Å². The number of carbonyl (C=O) groups excluding carboxylic acids is 1. The van der Waals surface area contributed by atoms with Gasteiger partial charge in [0.25, 0.3) is 11.6 Å². The summed E-state index contributed by atoms with van der Waals surface area (Å²) in [6.45, 7) is 4.52. The van der Waals surface area contributed by atoms with Crippen molar-refractivity contribution in [1.29, 1.82) is 0 Å². The second kappa shape index (κ2) is 16.0. The number of allylic oxidation sites excluding steroid dienone is 1. The molecule has 13 heteroatoms. The third kappa shape index (κ3) is 9.03. The molecule has 0 unspecified atom stereocenters. The van der Waals surface area contributed by atoms with Crippen molar-refractivity contribution in [3.8, 4) is 0 Å². The maximum Gasteiger partial charge on any atom is 0.287 e. The van der Waals surface area contributed by atoms with Crippen LogP contribution in [0.25, 0.3) is 0 Å². The first-order valence-corrected chi connectivity index (χ1v) is 13.4. The lowest BCUT2D eigenvalue weighted by atomic mass is 9.82. The normalized spacial score (nSPS) is 18.9. The molecule has 1 aliphatic heterocycles. The van der Waals surface area contributed by atoms with Crippen LogP contribution in [0.5, 0.6) is 0 Å². The zero-order valence-electron chi connectivity index (χ0n) is 21.2. The molecule has 2 aromatic rings. The second-order valence-corrected chi connectivity index (χ2v) is 9.08. The number of hydrogen-bond donors (Lipinski definition) is 3. The zero-order valence-corrected chi connectivity index (χ0v) is 22.1. The van der Waals surface area contributed by atoms with Crippen LogP contribution < -0.4 is 10.6 Å². The van der Waals surface area contributed by atoms with Crippen LogP contribution >= 0.6 is 11.3 Å². The number of aliphatic hydroxyl groups is 1. The summed E-state index contributed by atoms with van der Waals surface area (Å²) >= 11 is 1.59. The van der Waals surface area contributed by atoms with E-state index in [4.69, 9.17) is 24.1 Å². The van der Waals surface area contributed by atoms with E-state index in [0.717, 1.165) is 5.56 Å². The smallest absolute Gasteiger partial charge is 0.287 e. The number of anilines is 1. The molecule has 3 rings (SSSR count). The van der Waals surface area contributed by atoms with Crippen molar-refractivity contribution >= 4 is 28.7 Å². The van der Waals surface area contributed by atoms with E-state index in [0.29, 0.717) is 45.2 Å². The highest BCUT2D eigenvalue weighted by Gasteiger charge is 2.38. The van der Waals surface area contributed by atoms with Crippen molar-refractivity contribution in [2.45, 2.75) is 25.6 Å². The van der Waals surface area contributed by atoms with E-state index < -0.39 is 11.2 Å². The summed E-state index contributed by atoms with van der Waals surface area (Å²) in [5.41, 5.74) is 0.988. The third-order valence-corrected chi connectivity index (χ3v) is 6.45. The average molecular weight is 551 g/mol. The highest BCUT2D eigenvalue weighted by Crippen LogP contribution is 2.39. The molecule has 0 fully saturated rings. The molecule has 2 aromatic heterocycles. The molecule has 1 amide bonds. The molecule has 3 atom stereocenters. The molecule has 3 N–H and O–H groups in total. The van der Waals surface area contributed by atoms with Gasteiger partial charge in [-0.15, -0.1) is 0 Å². The standard InChI is InChI=1S/C25H34N4O8S/c1-2-36-25-20(5-10-34-12-13-35-11-9-30)21(18-6-14-38-17-18)15-22(37-25)24(31)27-8-7-26-23-4-3-19(16-28-23)29(32)33/h3-4,6,14-17,20-21,25,30H,2,5,7-13H2,1H3,(H,26,28)(H,27,31)/t20-,21-,25-/m0/s1. The van der Waals surface area contributed by atoms with Gasteiger partial charge in [-0.05, 0) is 47.9 Å². The Morgan fingerprint density at radius 1 is 1.21 bits per heavy atom. The first-order valence-electron chi connectivity index (χ1n) is 12.4. The van der Waals surface area contributed by atoms with Crippen LogP contribution in [0.3, 0.4) is 0 Å². The number of nitro groups is 1. The molecule has 0 radical (unpaired) electrons. The number of nitrogens with zero attached hydrogens (tertiary/aromatic N) is 2. The monoisotopic (exact) mass is 550 g/mol. The van der Waals surface area contributed by atoms with Gasteiger partial charge in [0.1, 0.15) is 12.0 Å². The predicted octanol–water partition coefficient (Wildman–Crippen LogP) is 2.67. The van der Waals surface area contributed by atoms with Gasteiger partial charge in [-0.3, -0.25) is 14.9 Å². The largest absolute Gasteiger partial charge is 0.459 e. The lowest BCUT2D eigenvalue weighted by Crippen LogP contribution is -2.40. The van der Waals surface area contributed by atoms with Gasteiger partial charge in [0, 0.05) is 44.2 Å². The molecule has 0 bridgehead atoms. The number of aliphatic hydroxyl groups excluding tert-OH is 1. The van der Waals surface area contributed by atoms with Gasteiger partial charge in [0.15, 0.2) is 5.76 Å². The van der Waals surface area contributed by atoms with Crippen molar-refractivity contribution in [1.82, 2.24) is 10.3 Å². The quantitative estimate of drug-likeness (QED) is 0.152. The lowest BCUT2D eigenvalue weighted by molar-refractivity contribution is -0.385. The van der Waals surface area contributed by atoms with E-state index in [-0.39, 0.29) is 48.9 Å². The molecule has 0 spiro atoms. The maximum absolute atomic E-state index is 13.0. The van der Waals surface area contributed by atoms with Crippen LogP contribution in [0.1, 0.15) is 24.8 Å². The maximum atomic E-state index is 13.0. The molecule has 0 saturated carbocycles. The summed E-state index contributed by atoms with van der Waals surface area (Å²) in [6.07, 6.45) is 3.05. The minimum Gasteiger partial charge on any atom is -0.459 e. The van der Waals surface area contributed by atoms with Crippen molar-refractivity contribution in [3.05, 3.63) is 62.7 Å². The zero-order chi connectivity index (χ0) is 27.2. The highest BCUT2D eigenvalue weighted by molar-refractivity contribution is 7.08. The van der Waals surface area contributed by atoms with Crippen LogP contribution in [0, 0.1) is 16.0 Å². The van der Waals surface area contributed by atoms with E-state index in [9.17, 15) is 14.9 Å². The summed E-state index contributed by atoms with van der Waals surface area (Å²) < 4.78 is 22.9. The Bertz CT molecular complexity index is 1020. The molecular weight excluding hydrogens is 516 g/mol. The van der Waals surface area contributed by atoms with Gasteiger partial charge >= 0.3 is 0 Å². The second-order valence-electron chi connectivity index (χ2n) is 8.30. The lowest BCUT2D eigenvalue weighted by Gasteiger charge is -2.36. The summed E-state index contributed by atoms with van der Waals surface area (Å²) in [7, 11) is 0. The van der Waals surface area contributed by atoms with Gasteiger partial charge in [-0.25, -0.2) is 4.98 Å². The molecule has 12 nitrogen and oxygen atoms in total. The minimum atomic E-state index is -0.618. The van der Waals surface area contributed by atoms with Crippen LogP contribution in [0.2, 0.25) is 0 Å². The number of pyridine rings is 1. The van der Waals surface area contributed by atoms with E-state index in [1.807, 2.05) is 24.4 Å². The summed E-state index contributed by atoms with van der Waals surface area (Å²) in [4.78, 5) is 27.2. The molecular formula is C25H34N4O8S. The Morgan fingerprint density at radius 3 is 2.68 bits per heavy atom. The number of thiophene rings is 1. The number of nitrogens with one attached hydrogen (secondary N) is 2. The molecule has 0 aromatic carbocycles. The van der Waals surface area contributed by atoms with Crippen LogP contribution in [0.15, 0.2) is 47.0 Å². The van der Waals surface area contributed by atoms with Crippen molar-refractivity contribution < 1.29 is 33.8 Å². The molecule has 38 heavy (non-hydrogen) atoms. The number of carbonyl (C=O) groups is 1. The van der Waals surface area contributed by atoms with E-state index in [1.54, 1.807) is 11.3 Å². The Labute approximate surface area is 225 Å². The Hall–Kier alpha value is -3.10. The molecule has 1 aliphatic rings. The van der Waals surface area contributed by atoms with E-state index in [2.05, 4.69) is 21.0 Å². The van der Waals surface area contributed by atoms with Gasteiger partial charge in [-0.2, -0.15) is 11.3 Å². The number of hydrogen-bond acceptors (Lipinski definition) is 11. The topological polar surface area (TPSA) is 154 Å². The first kappa shape index (κ1) is 29.5. The van der Waals surface area contributed by atoms with Gasteiger partial charge in [-0.1, -0.05) is 0 Å². The highest BCUT2D eigenvalue weighted by atomic mass is 32.1. The van der Waals surface area contributed by atoms with Crippen molar-refractivity contribution in [2.75, 3.05) is 58.0 Å². The fourth-order valence-electron chi connectivity index (χ4n) is 3.94. The fraction of sp³-hybridized carbons (Fsp3) is 0.520. The van der Waals surface area contributed by atoms with Gasteiger partial charge in [0.2, 0.25) is 6.29 Å². The number of aromatic nitrogens is 1. The SMILES string of the molecule is CCO[C@H]1OC(C(=O)NCCNc2ccc([N+](=O)[O-])cn2)=C[C@@H](c2ccsc2)[C@@H]1CCOCCOCCO. The number of ether oxygens (including phenoxy) is 4. The predicted molar refractivity (Wildman–Crippen MR) is 141 cm³/mol. The molecule has 3 heterocycles. The Kier molecular flexibility index (Phi) is 12.4. The van der Waals surface area contributed by atoms with Gasteiger partial charge in [0.05, 0.1) is 31.4 Å². The summed E-state index contributed by atoms with van der Waals surface area (Å²) in [5.74, 6) is 0.155. The van der Waals surface area contributed by atoms with Crippen LogP contribution in [-0.2, 0) is 23.7 Å². The Morgan fingerprint density at radius 2 is 2.03 bits per heavy atom. The van der Waals surface area contributed by atoms with Crippen molar-refractivity contribution in [3.63, 3.8) is 0 Å². The Balaban J connectivity index is 1.57. The first-order chi connectivity index (χ1) is 18.5. The molecule has 0 saturated heterocycles. The van der Waals surface area contributed by atoms with Gasteiger partial charge < -0.3 is 34.7 Å². The summed E-state index contributed by atoms with van der Waals surface area (Å²) in [6, 6.07) is 4.91. The number of amides is 1. The summed E-state index contributed by atoms with van der Waals surface area (Å²) in [5, 5.41) is 29.4. The fourth-order valence-corrected chi connectivity index (χ4v) is 4.65. The third-order valence-electron chi connectivity index (χ3n) is 5.75. The van der Waals surface area contributed by atoms with Crippen LogP contribution in [0.4, 0.5) is 11.5 Å². The molecule has 0 aliphatic carbocycles. The minimum absolute atomic E-state index is 0.0203. The number of rotatable bonds is 17. The average Bonchev–Trinajstić information content (AvgIpc) is 3.46. The van der Waals surface area contributed by atoms with Crippen LogP contribution in [-0.4, -0.2) is 79.9 Å².